The quantitative estimate of drug-likeness (QED) is 0.272. The first kappa shape index (κ1) is 26.7. The minimum absolute atomic E-state index is 0.0908. The number of aromatic nitrogens is 6. The molecule has 1 aliphatic rings. The zero-order valence-corrected chi connectivity index (χ0v) is 20.7. The van der Waals surface area contributed by atoms with E-state index in [1.54, 1.807) is 6.07 Å². The number of anilines is 1. The van der Waals surface area contributed by atoms with Crippen LogP contribution in [-0.4, -0.2) is 71.0 Å². The molecule has 1 saturated heterocycles. The van der Waals surface area contributed by atoms with Gasteiger partial charge in [0.25, 0.3) is 5.91 Å². The molecule has 3 unspecified atom stereocenters. The molecule has 0 spiro atoms. The molecule has 1 amide bonds. The van der Waals surface area contributed by atoms with Crippen molar-refractivity contribution in [3.63, 3.8) is 0 Å². The van der Waals surface area contributed by atoms with Crippen LogP contribution in [0.5, 0.6) is 0 Å². The first-order chi connectivity index (χ1) is 18.6. The zero-order chi connectivity index (χ0) is 27.9. The Hall–Kier alpha value is -3.92. The SMILES string of the molecule is CNC(=O)[C@@H]1OC(n2cnc3c(NCc4cccc(C(F)(F)F)n4)nc(-c4cncc(Cl)c4)nc32)C(O)C1O. The summed E-state index contributed by atoms with van der Waals surface area (Å²) in [6.07, 6.45) is -6.10. The number of likely N-dealkylation sites (N-methyl/N-ethyl adjacent to an activating group) is 1. The zero-order valence-electron chi connectivity index (χ0n) is 20.0. The fraction of sp³-hybridized carbons (Fsp3) is 0.304. The lowest BCUT2D eigenvalue weighted by Gasteiger charge is -2.17. The van der Waals surface area contributed by atoms with E-state index >= 15 is 0 Å². The van der Waals surface area contributed by atoms with Gasteiger partial charge < -0.3 is 25.6 Å². The number of hydrogen-bond acceptors (Lipinski definition) is 10. The molecule has 4 aromatic heterocycles. The van der Waals surface area contributed by atoms with Gasteiger partial charge in [-0.2, -0.15) is 13.2 Å². The van der Waals surface area contributed by atoms with E-state index in [2.05, 4.69) is 35.6 Å². The lowest BCUT2D eigenvalue weighted by Crippen LogP contribution is -2.41. The predicted molar refractivity (Wildman–Crippen MR) is 130 cm³/mol. The third-order valence-corrected chi connectivity index (χ3v) is 6.14. The maximum Gasteiger partial charge on any atom is 0.433 e. The van der Waals surface area contributed by atoms with Crippen LogP contribution in [0.2, 0.25) is 5.02 Å². The van der Waals surface area contributed by atoms with Gasteiger partial charge in [0.15, 0.2) is 35.1 Å². The van der Waals surface area contributed by atoms with Crippen LogP contribution in [-0.2, 0) is 22.3 Å². The van der Waals surface area contributed by atoms with E-state index in [0.29, 0.717) is 10.6 Å². The van der Waals surface area contributed by atoms with Gasteiger partial charge in [0.05, 0.1) is 23.6 Å². The number of fused-ring (bicyclic) bond motifs is 1. The van der Waals surface area contributed by atoms with Crippen molar-refractivity contribution in [3.8, 4) is 11.4 Å². The molecule has 39 heavy (non-hydrogen) atoms. The molecule has 4 N–H and O–H groups in total. The summed E-state index contributed by atoms with van der Waals surface area (Å²) in [5, 5.41) is 26.6. The molecule has 204 valence electrons. The standard InChI is InChI=1S/C23H20ClF3N8O4/c1-28-21(38)17-15(36)16(37)22(39-17)35-9-31-14-19(30-8-12-3-2-4-13(32-12)23(25,26)27)33-18(34-20(14)35)10-5-11(24)7-29-6-10/h2-7,9,15-17,22,36-37H,8H2,1H3,(H,28,38)(H,30,33,34)/t15?,16?,17-,22?/m1/s1. The number of imidazole rings is 1. The lowest BCUT2D eigenvalue weighted by atomic mass is 10.1. The third-order valence-electron chi connectivity index (χ3n) is 5.94. The molecule has 1 fully saturated rings. The summed E-state index contributed by atoms with van der Waals surface area (Å²) in [7, 11) is 1.36. The van der Waals surface area contributed by atoms with Gasteiger partial charge in [-0.1, -0.05) is 17.7 Å². The van der Waals surface area contributed by atoms with Gasteiger partial charge in [0.2, 0.25) is 0 Å². The van der Waals surface area contributed by atoms with Crippen LogP contribution in [0.3, 0.4) is 0 Å². The Morgan fingerprint density at radius 1 is 1.18 bits per heavy atom. The van der Waals surface area contributed by atoms with Crippen molar-refractivity contribution in [2.24, 2.45) is 0 Å². The number of carbonyl (C=O) groups is 1. The van der Waals surface area contributed by atoms with Crippen LogP contribution in [0.1, 0.15) is 17.6 Å². The van der Waals surface area contributed by atoms with E-state index in [1.807, 2.05) is 0 Å². The molecule has 0 bridgehead atoms. The second-order valence-corrected chi connectivity index (χ2v) is 8.96. The van der Waals surface area contributed by atoms with Gasteiger partial charge in [0, 0.05) is 25.0 Å². The molecule has 16 heteroatoms. The van der Waals surface area contributed by atoms with Crippen molar-refractivity contribution >= 4 is 34.5 Å². The second-order valence-electron chi connectivity index (χ2n) is 8.52. The van der Waals surface area contributed by atoms with Gasteiger partial charge in [-0.15, -0.1) is 0 Å². The Labute approximate surface area is 222 Å². The number of hydrogen-bond donors (Lipinski definition) is 4. The van der Waals surface area contributed by atoms with E-state index in [4.69, 9.17) is 16.3 Å². The second kappa shape index (κ2) is 10.3. The van der Waals surface area contributed by atoms with Gasteiger partial charge in [-0.3, -0.25) is 14.3 Å². The highest BCUT2D eigenvalue weighted by Crippen LogP contribution is 2.34. The summed E-state index contributed by atoms with van der Waals surface area (Å²) in [6.45, 7) is -0.143. The summed E-state index contributed by atoms with van der Waals surface area (Å²) < 4.78 is 46.3. The number of ether oxygens (including phenoxy) is 1. The van der Waals surface area contributed by atoms with E-state index in [9.17, 15) is 28.2 Å². The van der Waals surface area contributed by atoms with Crippen molar-refractivity contribution in [2.75, 3.05) is 12.4 Å². The summed E-state index contributed by atoms with van der Waals surface area (Å²) in [6, 6.07) is 5.09. The summed E-state index contributed by atoms with van der Waals surface area (Å²) in [4.78, 5) is 33.1. The number of halogens is 4. The van der Waals surface area contributed by atoms with E-state index < -0.39 is 42.3 Å². The van der Waals surface area contributed by atoms with Gasteiger partial charge in [-0.25, -0.2) is 19.9 Å². The first-order valence-electron chi connectivity index (χ1n) is 11.4. The van der Waals surface area contributed by atoms with E-state index in [0.717, 1.165) is 6.07 Å². The van der Waals surface area contributed by atoms with Crippen molar-refractivity contribution in [2.45, 2.75) is 37.3 Å². The van der Waals surface area contributed by atoms with E-state index in [-0.39, 0.29) is 35.0 Å². The Morgan fingerprint density at radius 2 is 1.97 bits per heavy atom. The highest BCUT2D eigenvalue weighted by atomic mass is 35.5. The molecule has 0 radical (unpaired) electrons. The molecule has 4 atom stereocenters. The molecule has 1 aliphatic heterocycles. The maximum absolute atomic E-state index is 13.1. The number of alkyl halides is 3. The number of carbonyl (C=O) groups excluding carboxylic acids is 1. The average molecular weight is 565 g/mol. The van der Waals surface area contributed by atoms with Crippen LogP contribution in [0.25, 0.3) is 22.6 Å². The molecule has 0 aromatic carbocycles. The Kier molecular flexibility index (Phi) is 7.07. The maximum atomic E-state index is 13.1. The fourth-order valence-electron chi connectivity index (χ4n) is 4.05. The van der Waals surface area contributed by atoms with Crippen LogP contribution in [0.15, 0.2) is 43.0 Å². The Bertz CT molecular complexity index is 1540. The molecule has 5 heterocycles. The summed E-state index contributed by atoms with van der Waals surface area (Å²) >= 11 is 6.08. The van der Waals surface area contributed by atoms with Crippen LogP contribution in [0, 0.1) is 0 Å². The van der Waals surface area contributed by atoms with E-state index in [1.165, 1.54) is 42.5 Å². The fourth-order valence-corrected chi connectivity index (χ4v) is 4.22. The van der Waals surface area contributed by atoms with Crippen molar-refractivity contribution in [1.82, 2.24) is 34.8 Å². The minimum atomic E-state index is -4.61. The lowest BCUT2D eigenvalue weighted by molar-refractivity contribution is -0.141. The van der Waals surface area contributed by atoms with Crippen molar-refractivity contribution < 1.29 is 32.9 Å². The predicted octanol–water partition coefficient (Wildman–Crippen LogP) is 1.93. The van der Waals surface area contributed by atoms with Gasteiger partial charge in [0.1, 0.15) is 17.9 Å². The number of aliphatic hydroxyl groups excluding tert-OH is 2. The number of nitrogens with one attached hydrogen (secondary N) is 2. The van der Waals surface area contributed by atoms with Crippen molar-refractivity contribution in [3.05, 3.63) is 59.4 Å². The normalized spacial score (nSPS) is 21.3. The minimum Gasteiger partial charge on any atom is -0.387 e. The number of aliphatic hydroxyl groups is 2. The molecule has 5 rings (SSSR count). The number of nitrogens with zero attached hydrogens (tertiary/aromatic N) is 6. The monoisotopic (exact) mass is 564 g/mol. The molecule has 4 aromatic rings. The average Bonchev–Trinajstić information content (AvgIpc) is 3.47. The van der Waals surface area contributed by atoms with Crippen LogP contribution in [0.4, 0.5) is 19.0 Å². The van der Waals surface area contributed by atoms with Crippen LogP contribution < -0.4 is 10.6 Å². The highest BCUT2D eigenvalue weighted by Gasteiger charge is 2.47. The summed E-state index contributed by atoms with van der Waals surface area (Å²) in [5.74, 6) is -0.386. The topological polar surface area (TPSA) is 160 Å². The number of amides is 1. The van der Waals surface area contributed by atoms with Gasteiger partial charge >= 0.3 is 6.18 Å². The molecular formula is C23H20ClF3N8O4. The third kappa shape index (κ3) is 5.21. The molecule has 0 saturated carbocycles. The largest absolute Gasteiger partial charge is 0.433 e. The van der Waals surface area contributed by atoms with Crippen LogP contribution >= 0.6 is 11.6 Å². The Morgan fingerprint density at radius 3 is 2.69 bits per heavy atom. The highest BCUT2D eigenvalue weighted by molar-refractivity contribution is 6.30. The smallest absolute Gasteiger partial charge is 0.387 e. The number of pyridine rings is 2. The first-order valence-corrected chi connectivity index (χ1v) is 11.8. The molecular weight excluding hydrogens is 545 g/mol. The van der Waals surface area contributed by atoms with Gasteiger partial charge in [-0.05, 0) is 18.2 Å². The van der Waals surface area contributed by atoms with Crippen molar-refractivity contribution in [1.29, 1.82) is 0 Å². The summed E-state index contributed by atoms with van der Waals surface area (Å²) in [5.41, 5.74) is -0.231. The molecule has 12 nitrogen and oxygen atoms in total. The Balaban J connectivity index is 1.56. The number of rotatable bonds is 6. The molecule has 0 aliphatic carbocycles.